The highest BCUT2D eigenvalue weighted by molar-refractivity contribution is 5.95. The molecule has 5 nitrogen and oxygen atoms in total. The Morgan fingerprint density at radius 2 is 2.00 bits per heavy atom. The molecule has 0 saturated heterocycles. The van der Waals surface area contributed by atoms with Gasteiger partial charge in [0.25, 0.3) is 5.91 Å². The van der Waals surface area contributed by atoms with Crippen LogP contribution in [0, 0.1) is 6.92 Å². The van der Waals surface area contributed by atoms with Gasteiger partial charge >= 0.3 is 0 Å². The van der Waals surface area contributed by atoms with Crippen LogP contribution in [0.3, 0.4) is 0 Å². The fraction of sp³-hybridized carbons (Fsp3) is 0.417. The molecule has 5 heteroatoms. The van der Waals surface area contributed by atoms with Crippen LogP contribution in [-0.4, -0.2) is 31.3 Å². The minimum Gasteiger partial charge on any atom is -0.497 e. The lowest BCUT2D eigenvalue weighted by Crippen LogP contribution is -2.48. The van der Waals surface area contributed by atoms with Crippen LogP contribution in [0.25, 0.3) is 0 Å². The Morgan fingerprint density at radius 3 is 2.62 bits per heavy atom. The van der Waals surface area contributed by atoms with Crippen molar-refractivity contribution in [1.82, 2.24) is 5.43 Å². The molecule has 0 fully saturated rings. The Morgan fingerprint density at radius 1 is 1.31 bits per heavy atom. The molecule has 1 amide bonds. The summed E-state index contributed by atoms with van der Waals surface area (Å²) >= 11 is 0. The summed E-state index contributed by atoms with van der Waals surface area (Å²) in [6.07, 6.45) is 2.85. The van der Waals surface area contributed by atoms with Gasteiger partial charge in [-0.25, -0.2) is 5.43 Å². The van der Waals surface area contributed by atoms with Gasteiger partial charge in [-0.05, 0) is 93.1 Å². The second kappa shape index (κ2) is 8.27. The van der Waals surface area contributed by atoms with Crippen LogP contribution in [0.1, 0.15) is 67.1 Å². The molecule has 0 bridgehead atoms. The number of amides is 1. The predicted octanol–water partition coefficient (Wildman–Crippen LogP) is 4.88. The topological polar surface area (TPSA) is 53.9 Å². The number of carbonyl (C=O) groups excluding carboxylic acids is 1. The quantitative estimate of drug-likeness (QED) is 0.582. The predicted molar refractivity (Wildman–Crippen MR) is 119 cm³/mol. The molecule has 1 aliphatic rings. The van der Waals surface area contributed by atoms with Crippen molar-refractivity contribution in [3.63, 3.8) is 0 Å². The SMILES string of the molecule is CCN1c2cc(C)c(/C=N/NC(=O)c3ccc(OC)cc3)cc2C(C)CC1(C)C. The maximum absolute atomic E-state index is 12.3. The largest absolute Gasteiger partial charge is 0.497 e. The average molecular weight is 394 g/mol. The zero-order valence-electron chi connectivity index (χ0n) is 18.2. The van der Waals surface area contributed by atoms with Crippen LogP contribution < -0.4 is 15.1 Å². The van der Waals surface area contributed by atoms with E-state index in [2.05, 4.69) is 62.2 Å². The third kappa shape index (κ3) is 4.29. The van der Waals surface area contributed by atoms with Gasteiger partial charge in [-0.2, -0.15) is 5.10 Å². The van der Waals surface area contributed by atoms with E-state index in [0.29, 0.717) is 17.2 Å². The number of ether oxygens (including phenoxy) is 1. The van der Waals surface area contributed by atoms with Gasteiger partial charge < -0.3 is 9.64 Å². The number of hydrogen-bond donors (Lipinski definition) is 1. The summed E-state index contributed by atoms with van der Waals surface area (Å²) in [4.78, 5) is 14.8. The minimum atomic E-state index is -0.244. The molecule has 1 N–H and O–H groups in total. The number of nitrogens with zero attached hydrogens (tertiary/aromatic N) is 2. The molecule has 3 rings (SSSR count). The molecule has 1 heterocycles. The van der Waals surface area contributed by atoms with Gasteiger partial charge in [-0.1, -0.05) is 6.92 Å². The second-order valence-electron chi connectivity index (χ2n) is 8.36. The highest BCUT2D eigenvalue weighted by Gasteiger charge is 2.35. The zero-order chi connectivity index (χ0) is 21.2. The van der Waals surface area contributed by atoms with Crippen molar-refractivity contribution in [3.05, 3.63) is 58.7 Å². The highest BCUT2D eigenvalue weighted by atomic mass is 16.5. The molecule has 2 aromatic carbocycles. The lowest BCUT2D eigenvalue weighted by Gasteiger charge is -2.47. The van der Waals surface area contributed by atoms with E-state index >= 15 is 0 Å². The molecule has 1 unspecified atom stereocenters. The van der Waals surface area contributed by atoms with Crippen molar-refractivity contribution >= 4 is 17.8 Å². The van der Waals surface area contributed by atoms with Crippen LogP contribution in [0.5, 0.6) is 5.75 Å². The first kappa shape index (κ1) is 20.9. The zero-order valence-corrected chi connectivity index (χ0v) is 18.2. The van der Waals surface area contributed by atoms with Gasteiger partial charge in [0.1, 0.15) is 5.75 Å². The fourth-order valence-electron chi connectivity index (χ4n) is 4.36. The molecule has 0 saturated carbocycles. The number of hydrogen-bond acceptors (Lipinski definition) is 4. The first-order valence-electron chi connectivity index (χ1n) is 10.2. The van der Waals surface area contributed by atoms with E-state index in [1.807, 2.05) is 0 Å². The number of hydrazone groups is 1. The summed E-state index contributed by atoms with van der Waals surface area (Å²) in [7, 11) is 1.60. The van der Waals surface area contributed by atoms with Crippen molar-refractivity contribution in [2.24, 2.45) is 5.10 Å². The molecule has 0 radical (unpaired) electrons. The van der Waals surface area contributed by atoms with E-state index in [1.54, 1.807) is 37.6 Å². The van der Waals surface area contributed by atoms with Crippen molar-refractivity contribution in [3.8, 4) is 5.75 Å². The monoisotopic (exact) mass is 393 g/mol. The van der Waals surface area contributed by atoms with Crippen molar-refractivity contribution < 1.29 is 9.53 Å². The summed E-state index contributed by atoms with van der Waals surface area (Å²) in [5, 5.41) is 4.19. The molecule has 1 atom stereocenters. The minimum absolute atomic E-state index is 0.148. The molecule has 2 aromatic rings. The number of anilines is 1. The van der Waals surface area contributed by atoms with Crippen LogP contribution in [0.15, 0.2) is 41.5 Å². The first-order valence-corrected chi connectivity index (χ1v) is 10.2. The van der Waals surface area contributed by atoms with E-state index in [9.17, 15) is 4.79 Å². The van der Waals surface area contributed by atoms with Crippen molar-refractivity contribution in [1.29, 1.82) is 0 Å². The lowest BCUT2D eigenvalue weighted by molar-refractivity contribution is 0.0955. The molecule has 29 heavy (non-hydrogen) atoms. The van der Waals surface area contributed by atoms with Crippen LogP contribution >= 0.6 is 0 Å². The third-order valence-corrected chi connectivity index (χ3v) is 5.81. The van der Waals surface area contributed by atoms with Gasteiger partial charge in [0.05, 0.1) is 13.3 Å². The van der Waals surface area contributed by atoms with Crippen molar-refractivity contribution in [2.45, 2.75) is 52.5 Å². The summed E-state index contributed by atoms with van der Waals surface area (Å²) in [6.45, 7) is 12.2. The number of nitrogens with one attached hydrogen (secondary N) is 1. The van der Waals surface area contributed by atoms with E-state index in [0.717, 1.165) is 24.1 Å². The molecule has 154 valence electrons. The van der Waals surface area contributed by atoms with E-state index in [1.165, 1.54) is 11.3 Å². The lowest BCUT2D eigenvalue weighted by atomic mass is 9.79. The molecular weight excluding hydrogens is 362 g/mol. The molecule has 0 aromatic heterocycles. The Kier molecular flexibility index (Phi) is 5.96. The second-order valence-corrected chi connectivity index (χ2v) is 8.36. The van der Waals surface area contributed by atoms with E-state index in [4.69, 9.17) is 4.74 Å². The van der Waals surface area contributed by atoms with Crippen LogP contribution in [0.4, 0.5) is 5.69 Å². The number of fused-ring (bicyclic) bond motifs is 1. The number of methoxy groups -OCH3 is 1. The molecule has 0 aliphatic carbocycles. The van der Waals surface area contributed by atoms with Crippen molar-refractivity contribution in [2.75, 3.05) is 18.6 Å². The van der Waals surface area contributed by atoms with E-state index < -0.39 is 0 Å². The van der Waals surface area contributed by atoms with Gasteiger partial charge in [0.2, 0.25) is 0 Å². The van der Waals surface area contributed by atoms with Gasteiger partial charge in [-0.3, -0.25) is 4.79 Å². The summed E-state index contributed by atoms with van der Waals surface area (Å²) in [6, 6.07) is 11.4. The molecule has 0 spiro atoms. The summed E-state index contributed by atoms with van der Waals surface area (Å²) in [5.74, 6) is 0.949. The summed E-state index contributed by atoms with van der Waals surface area (Å²) in [5.41, 5.74) is 8.14. The highest BCUT2D eigenvalue weighted by Crippen LogP contribution is 2.43. The normalized spacial score (nSPS) is 17.9. The summed E-state index contributed by atoms with van der Waals surface area (Å²) < 4.78 is 5.12. The Bertz CT molecular complexity index is 916. The van der Waals surface area contributed by atoms with Crippen LogP contribution in [-0.2, 0) is 0 Å². The Balaban J connectivity index is 1.79. The molecule has 1 aliphatic heterocycles. The molecular formula is C24H31N3O2. The maximum atomic E-state index is 12.3. The smallest absolute Gasteiger partial charge is 0.271 e. The average Bonchev–Trinajstić information content (AvgIpc) is 2.68. The fourth-order valence-corrected chi connectivity index (χ4v) is 4.36. The Hall–Kier alpha value is -2.82. The number of carbonyl (C=O) groups is 1. The number of benzene rings is 2. The van der Waals surface area contributed by atoms with Gasteiger partial charge in [-0.15, -0.1) is 0 Å². The maximum Gasteiger partial charge on any atom is 0.271 e. The third-order valence-electron chi connectivity index (χ3n) is 5.81. The van der Waals surface area contributed by atoms with Crippen LogP contribution in [0.2, 0.25) is 0 Å². The standard InChI is InChI=1S/C24H31N3O2/c1-7-27-22-12-16(2)19(13-21(22)17(3)14-24(27,4)5)15-25-26-23(28)18-8-10-20(29-6)11-9-18/h8-13,15,17H,7,14H2,1-6H3,(H,26,28)/b25-15+. The Labute approximate surface area is 173 Å². The first-order chi connectivity index (χ1) is 13.8. The van der Waals surface area contributed by atoms with Gasteiger partial charge in [0.15, 0.2) is 0 Å². The number of aryl methyl sites for hydroxylation is 1. The number of rotatable bonds is 5. The van der Waals surface area contributed by atoms with Gasteiger partial charge in [0, 0.05) is 23.3 Å². The van der Waals surface area contributed by atoms with E-state index in [-0.39, 0.29) is 11.4 Å².